The van der Waals surface area contributed by atoms with Crippen molar-refractivity contribution >= 4 is 0 Å². The van der Waals surface area contributed by atoms with E-state index in [0.29, 0.717) is 0 Å². The van der Waals surface area contributed by atoms with Crippen LogP contribution in [0, 0.1) is 6.92 Å². The Morgan fingerprint density at radius 3 is 3.12 bits per heavy atom. The van der Waals surface area contributed by atoms with E-state index in [9.17, 15) is 0 Å². The van der Waals surface area contributed by atoms with E-state index in [0.717, 1.165) is 24.8 Å². The summed E-state index contributed by atoms with van der Waals surface area (Å²) in [5.74, 6) is 0.999. The quantitative estimate of drug-likeness (QED) is 0.769. The van der Waals surface area contributed by atoms with Crippen molar-refractivity contribution in [1.29, 1.82) is 0 Å². The summed E-state index contributed by atoms with van der Waals surface area (Å²) in [6, 6.07) is 8.99. The van der Waals surface area contributed by atoms with E-state index < -0.39 is 0 Å². The summed E-state index contributed by atoms with van der Waals surface area (Å²) in [5, 5.41) is 3.51. The highest BCUT2D eigenvalue weighted by molar-refractivity contribution is 5.27. The highest BCUT2D eigenvalue weighted by atomic mass is 16.5. The fraction of sp³-hybridized carbons (Fsp3) is 0.571. The van der Waals surface area contributed by atoms with Crippen molar-refractivity contribution in [3.05, 3.63) is 29.8 Å². The van der Waals surface area contributed by atoms with Gasteiger partial charge in [0.15, 0.2) is 0 Å². The molecule has 1 aliphatic rings. The van der Waals surface area contributed by atoms with E-state index in [2.05, 4.69) is 24.4 Å². The van der Waals surface area contributed by atoms with Gasteiger partial charge in [-0.2, -0.15) is 0 Å². The molecule has 0 bridgehead atoms. The lowest BCUT2D eigenvalue weighted by Crippen LogP contribution is -2.21. The molecule has 1 unspecified atom stereocenters. The Labute approximate surface area is 98.0 Å². The van der Waals surface area contributed by atoms with Crippen LogP contribution in [0.3, 0.4) is 0 Å². The molecule has 1 aromatic rings. The van der Waals surface area contributed by atoms with Gasteiger partial charge in [-0.1, -0.05) is 12.1 Å². The zero-order valence-corrected chi connectivity index (χ0v) is 10.0. The van der Waals surface area contributed by atoms with Crippen molar-refractivity contribution in [1.82, 2.24) is 5.32 Å². The minimum absolute atomic E-state index is 0.737. The van der Waals surface area contributed by atoms with Crippen LogP contribution in [0.15, 0.2) is 24.3 Å². The molecule has 1 aromatic carbocycles. The van der Waals surface area contributed by atoms with Crippen molar-refractivity contribution in [2.75, 3.05) is 13.2 Å². The van der Waals surface area contributed by atoms with E-state index in [1.807, 2.05) is 12.1 Å². The molecular weight excluding hydrogens is 198 g/mol. The Morgan fingerprint density at radius 2 is 2.38 bits per heavy atom. The number of aryl methyl sites for hydroxylation is 1. The van der Waals surface area contributed by atoms with Crippen molar-refractivity contribution in [3.63, 3.8) is 0 Å². The Morgan fingerprint density at radius 1 is 1.44 bits per heavy atom. The molecule has 1 heterocycles. The monoisotopic (exact) mass is 219 g/mol. The van der Waals surface area contributed by atoms with Crippen LogP contribution in [0.4, 0.5) is 0 Å². The summed E-state index contributed by atoms with van der Waals surface area (Å²) >= 11 is 0. The third kappa shape index (κ3) is 3.53. The second kappa shape index (κ2) is 5.90. The predicted molar refractivity (Wildman–Crippen MR) is 66.9 cm³/mol. The first kappa shape index (κ1) is 11.5. The summed E-state index contributed by atoms with van der Waals surface area (Å²) in [4.78, 5) is 0. The maximum atomic E-state index is 5.72. The van der Waals surface area contributed by atoms with Gasteiger partial charge in [0, 0.05) is 6.04 Å². The number of rotatable bonds is 5. The fourth-order valence-electron chi connectivity index (χ4n) is 2.23. The molecule has 1 saturated heterocycles. The van der Waals surface area contributed by atoms with E-state index in [-0.39, 0.29) is 0 Å². The maximum absolute atomic E-state index is 5.72. The van der Waals surface area contributed by atoms with Gasteiger partial charge in [0.25, 0.3) is 0 Å². The maximum Gasteiger partial charge on any atom is 0.119 e. The van der Waals surface area contributed by atoms with Gasteiger partial charge in [-0.25, -0.2) is 0 Å². The SMILES string of the molecule is Cc1cccc(OCCCC2CCCN2)c1. The van der Waals surface area contributed by atoms with Crippen LogP contribution in [0.5, 0.6) is 5.75 Å². The molecule has 0 saturated carbocycles. The van der Waals surface area contributed by atoms with Gasteiger partial charge in [-0.05, 0) is 56.8 Å². The summed E-state index contributed by atoms with van der Waals surface area (Å²) < 4.78 is 5.72. The molecular formula is C14H21NO. The normalized spacial score (nSPS) is 19.9. The van der Waals surface area contributed by atoms with Gasteiger partial charge in [-0.15, -0.1) is 0 Å². The van der Waals surface area contributed by atoms with Gasteiger partial charge in [0.1, 0.15) is 5.75 Å². The van der Waals surface area contributed by atoms with E-state index in [1.165, 1.54) is 31.4 Å². The van der Waals surface area contributed by atoms with Gasteiger partial charge in [0.2, 0.25) is 0 Å². The first-order chi connectivity index (χ1) is 7.84. The molecule has 2 nitrogen and oxygen atoms in total. The topological polar surface area (TPSA) is 21.3 Å². The molecule has 0 spiro atoms. The molecule has 0 aromatic heterocycles. The van der Waals surface area contributed by atoms with Crippen LogP contribution in [0.1, 0.15) is 31.2 Å². The highest BCUT2D eigenvalue weighted by Crippen LogP contribution is 2.14. The van der Waals surface area contributed by atoms with E-state index in [1.54, 1.807) is 0 Å². The fourth-order valence-corrected chi connectivity index (χ4v) is 2.23. The number of hydrogen-bond acceptors (Lipinski definition) is 2. The zero-order valence-electron chi connectivity index (χ0n) is 10.0. The third-order valence-corrected chi connectivity index (χ3v) is 3.12. The molecule has 0 amide bonds. The van der Waals surface area contributed by atoms with E-state index in [4.69, 9.17) is 4.74 Å². The number of hydrogen-bond donors (Lipinski definition) is 1. The van der Waals surface area contributed by atoms with Crippen molar-refractivity contribution in [2.45, 2.75) is 38.6 Å². The van der Waals surface area contributed by atoms with Gasteiger partial charge >= 0.3 is 0 Å². The molecule has 1 N–H and O–H groups in total. The van der Waals surface area contributed by atoms with Crippen LogP contribution in [0.2, 0.25) is 0 Å². The number of ether oxygens (including phenoxy) is 1. The zero-order chi connectivity index (χ0) is 11.2. The third-order valence-electron chi connectivity index (χ3n) is 3.12. The van der Waals surface area contributed by atoms with Crippen molar-refractivity contribution in [3.8, 4) is 5.75 Å². The summed E-state index contributed by atoms with van der Waals surface area (Å²) in [6.45, 7) is 4.13. The molecule has 0 radical (unpaired) electrons. The Bertz CT molecular complexity index is 318. The number of benzene rings is 1. The largest absolute Gasteiger partial charge is 0.494 e. The lowest BCUT2D eigenvalue weighted by atomic mass is 10.1. The minimum Gasteiger partial charge on any atom is -0.494 e. The smallest absolute Gasteiger partial charge is 0.119 e. The second-order valence-electron chi connectivity index (χ2n) is 4.60. The molecule has 1 fully saturated rings. The van der Waals surface area contributed by atoms with Crippen molar-refractivity contribution < 1.29 is 4.74 Å². The first-order valence-corrected chi connectivity index (χ1v) is 6.27. The standard InChI is InChI=1S/C14H21NO/c1-12-5-2-8-14(11-12)16-10-4-7-13-6-3-9-15-13/h2,5,8,11,13,15H,3-4,6-7,9-10H2,1H3. The summed E-state index contributed by atoms with van der Waals surface area (Å²) in [5.41, 5.74) is 1.26. The Balaban J connectivity index is 1.64. The molecule has 2 rings (SSSR count). The molecule has 1 atom stereocenters. The lowest BCUT2D eigenvalue weighted by molar-refractivity contribution is 0.299. The van der Waals surface area contributed by atoms with Crippen LogP contribution in [-0.4, -0.2) is 19.2 Å². The molecule has 2 heteroatoms. The Hall–Kier alpha value is -1.02. The van der Waals surface area contributed by atoms with Crippen LogP contribution in [-0.2, 0) is 0 Å². The van der Waals surface area contributed by atoms with Gasteiger partial charge in [-0.3, -0.25) is 0 Å². The molecule has 0 aliphatic carbocycles. The molecule has 88 valence electrons. The molecule has 16 heavy (non-hydrogen) atoms. The Kier molecular flexibility index (Phi) is 4.23. The first-order valence-electron chi connectivity index (χ1n) is 6.27. The number of nitrogens with one attached hydrogen (secondary N) is 1. The summed E-state index contributed by atoms with van der Waals surface area (Å²) in [7, 11) is 0. The van der Waals surface area contributed by atoms with Crippen molar-refractivity contribution in [2.24, 2.45) is 0 Å². The van der Waals surface area contributed by atoms with Gasteiger partial charge in [0.05, 0.1) is 6.61 Å². The van der Waals surface area contributed by atoms with E-state index >= 15 is 0 Å². The van der Waals surface area contributed by atoms with Gasteiger partial charge < -0.3 is 10.1 Å². The second-order valence-corrected chi connectivity index (χ2v) is 4.60. The minimum atomic E-state index is 0.737. The van der Waals surface area contributed by atoms with Crippen LogP contribution in [0.25, 0.3) is 0 Å². The lowest BCUT2D eigenvalue weighted by Gasteiger charge is -2.10. The average Bonchev–Trinajstić information content (AvgIpc) is 2.77. The summed E-state index contributed by atoms with van der Waals surface area (Å²) in [6.07, 6.45) is 5.06. The highest BCUT2D eigenvalue weighted by Gasteiger charge is 2.12. The average molecular weight is 219 g/mol. The molecule has 1 aliphatic heterocycles. The predicted octanol–water partition coefficient (Wildman–Crippen LogP) is 2.91. The van der Waals surface area contributed by atoms with Crippen LogP contribution >= 0.6 is 0 Å². The van der Waals surface area contributed by atoms with Crippen LogP contribution < -0.4 is 10.1 Å².